The Labute approximate surface area is 247 Å². The Hall–Kier alpha value is -3.09. The van der Waals surface area contributed by atoms with Gasteiger partial charge in [-0.3, -0.25) is 9.69 Å². The number of fused-ring (bicyclic) bond motifs is 1. The van der Waals surface area contributed by atoms with E-state index in [1.54, 1.807) is 7.11 Å². The number of hydroxylamine groups is 2. The van der Waals surface area contributed by atoms with Crippen molar-refractivity contribution in [3.05, 3.63) is 53.6 Å². The van der Waals surface area contributed by atoms with Crippen LogP contribution in [0.25, 0.3) is 0 Å². The summed E-state index contributed by atoms with van der Waals surface area (Å²) >= 11 is 0. The Balaban J connectivity index is 0.00000226. The van der Waals surface area contributed by atoms with Gasteiger partial charge in [0.05, 0.1) is 34.8 Å². The average molecular weight is 566 g/mol. The highest BCUT2D eigenvalue weighted by molar-refractivity contribution is 5.95. The molecule has 2 aliphatic heterocycles. The SMILES string of the molecule is C#C.CCCCN(C(=O)CN1CC(c2ccc3c(c2)OCO3)C[C@@H]1CCN(C)OC)c1cccc(C[N+](C)(C)C)c1. The summed E-state index contributed by atoms with van der Waals surface area (Å²) in [5.74, 6) is 2.13. The summed E-state index contributed by atoms with van der Waals surface area (Å²) in [6, 6.07) is 15.1. The van der Waals surface area contributed by atoms with Crippen molar-refractivity contribution in [2.75, 3.05) is 73.2 Å². The van der Waals surface area contributed by atoms with Gasteiger partial charge in [-0.25, -0.2) is 0 Å². The van der Waals surface area contributed by atoms with Gasteiger partial charge in [-0.15, -0.1) is 12.8 Å². The van der Waals surface area contributed by atoms with Gasteiger partial charge in [-0.05, 0) is 55.0 Å². The molecule has 2 aliphatic rings. The van der Waals surface area contributed by atoms with Gasteiger partial charge in [-0.2, -0.15) is 5.06 Å². The van der Waals surface area contributed by atoms with E-state index in [0.717, 1.165) is 73.5 Å². The van der Waals surface area contributed by atoms with Crippen LogP contribution in [0.2, 0.25) is 0 Å². The second-order valence-electron chi connectivity index (χ2n) is 12.0. The number of quaternary nitrogens is 1. The van der Waals surface area contributed by atoms with Crippen molar-refractivity contribution in [2.24, 2.45) is 0 Å². The van der Waals surface area contributed by atoms with Crippen molar-refractivity contribution in [2.45, 2.75) is 51.1 Å². The molecule has 1 saturated heterocycles. The van der Waals surface area contributed by atoms with Crippen molar-refractivity contribution < 1.29 is 23.6 Å². The second-order valence-corrected chi connectivity index (χ2v) is 12.0. The van der Waals surface area contributed by atoms with Gasteiger partial charge >= 0.3 is 0 Å². The zero-order valence-electron chi connectivity index (χ0n) is 25.8. The molecule has 0 spiro atoms. The molecule has 0 saturated carbocycles. The number of ether oxygens (including phenoxy) is 2. The van der Waals surface area contributed by atoms with Crippen LogP contribution in [-0.4, -0.2) is 94.7 Å². The van der Waals surface area contributed by atoms with Gasteiger partial charge in [-0.1, -0.05) is 31.5 Å². The number of amides is 1. The number of likely N-dealkylation sites (tertiary alicyclic amines) is 1. The van der Waals surface area contributed by atoms with Gasteiger partial charge in [0.1, 0.15) is 6.54 Å². The molecular weight excluding hydrogens is 516 g/mol. The van der Waals surface area contributed by atoms with Crippen LogP contribution in [0.1, 0.15) is 49.7 Å². The van der Waals surface area contributed by atoms with E-state index >= 15 is 0 Å². The Morgan fingerprint density at radius 2 is 1.85 bits per heavy atom. The summed E-state index contributed by atoms with van der Waals surface area (Å²) in [4.78, 5) is 23.7. The molecule has 1 fully saturated rings. The lowest BCUT2D eigenvalue weighted by Crippen LogP contribution is -2.43. The molecule has 0 bridgehead atoms. The average Bonchev–Trinajstić information content (AvgIpc) is 3.58. The minimum atomic E-state index is 0.169. The molecular formula is C33H49N4O4+. The van der Waals surface area contributed by atoms with E-state index in [2.05, 4.69) is 82.2 Å². The topological polar surface area (TPSA) is 54.5 Å². The monoisotopic (exact) mass is 565 g/mol. The van der Waals surface area contributed by atoms with Crippen LogP contribution in [-0.2, 0) is 16.2 Å². The van der Waals surface area contributed by atoms with Crippen LogP contribution in [0, 0.1) is 12.8 Å². The summed E-state index contributed by atoms with van der Waals surface area (Å²) in [7, 11) is 10.2. The number of benzene rings is 2. The molecule has 2 heterocycles. The molecule has 41 heavy (non-hydrogen) atoms. The Morgan fingerprint density at radius 3 is 2.56 bits per heavy atom. The fourth-order valence-corrected chi connectivity index (χ4v) is 5.65. The molecule has 0 radical (unpaired) electrons. The van der Waals surface area contributed by atoms with Crippen molar-refractivity contribution in [3.63, 3.8) is 0 Å². The van der Waals surface area contributed by atoms with Crippen molar-refractivity contribution >= 4 is 11.6 Å². The highest BCUT2D eigenvalue weighted by Crippen LogP contribution is 2.39. The van der Waals surface area contributed by atoms with Crippen molar-refractivity contribution in [3.8, 4) is 24.3 Å². The van der Waals surface area contributed by atoms with Gasteiger partial charge in [0.15, 0.2) is 11.5 Å². The lowest BCUT2D eigenvalue weighted by atomic mass is 9.95. The summed E-state index contributed by atoms with van der Waals surface area (Å²) < 4.78 is 12.0. The number of carbonyl (C=O) groups is 1. The van der Waals surface area contributed by atoms with E-state index in [0.29, 0.717) is 18.5 Å². The number of unbranched alkanes of at least 4 members (excludes halogenated alkanes) is 1. The number of carbonyl (C=O) groups excluding carboxylic acids is 1. The standard InChI is InChI=1S/C31H47N4O4.C2H2/c1-7-8-15-34(28-11-9-10-24(17-28)22-35(3,4)5)31(36)21-33-20-26(18-27(33)14-16-32(2)37-6)25-12-13-29-30(19-25)39-23-38-29;1-2/h9-13,17,19,26-27H,7-8,14-16,18,20-23H2,1-6H3;1-2H/q+1;/t26?,27-;/m0./s1. The maximum atomic E-state index is 13.9. The lowest BCUT2D eigenvalue weighted by molar-refractivity contribution is -0.884. The molecule has 1 unspecified atom stereocenters. The van der Waals surface area contributed by atoms with Crippen LogP contribution < -0.4 is 14.4 Å². The third-order valence-electron chi connectivity index (χ3n) is 7.74. The molecule has 2 aromatic rings. The molecule has 8 nitrogen and oxygen atoms in total. The van der Waals surface area contributed by atoms with E-state index in [1.165, 1.54) is 11.1 Å². The predicted molar refractivity (Wildman–Crippen MR) is 165 cm³/mol. The molecule has 2 atom stereocenters. The summed E-state index contributed by atoms with van der Waals surface area (Å²) in [5, 5.41) is 1.86. The van der Waals surface area contributed by atoms with E-state index in [1.807, 2.05) is 23.1 Å². The maximum absolute atomic E-state index is 13.9. The third kappa shape index (κ3) is 9.20. The van der Waals surface area contributed by atoms with Crippen LogP contribution in [0.5, 0.6) is 11.5 Å². The highest BCUT2D eigenvalue weighted by Gasteiger charge is 2.35. The zero-order valence-corrected chi connectivity index (χ0v) is 25.8. The van der Waals surface area contributed by atoms with E-state index in [9.17, 15) is 4.79 Å². The predicted octanol–water partition coefficient (Wildman–Crippen LogP) is 4.75. The van der Waals surface area contributed by atoms with Crippen LogP contribution in [0.4, 0.5) is 5.69 Å². The van der Waals surface area contributed by atoms with Crippen molar-refractivity contribution in [1.29, 1.82) is 0 Å². The lowest BCUT2D eigenvalue weighted by Gasteiger charge is -2.30. The molecule has 224 valence electrons. The normalized spacial score (nSPS) is 18.3. The molecule has 0 N–H and O–H groups in total. The highest BCUT2D eigenvalue weighted by atomic mass is 16.7. The number of terminal acetylenes is 1. The quantitative estimate of drug-likeness (QED) is 0.199. The summed E-state index contributed by atoms with van der Waals surface area (Å²) in [6.45, 7) is 6.17. The molecule has 1 amide bonds. The van der Waals surface area contributed by atoms with E-state index in [-0.39, 0.29) is 12.7 Å². The Bertz CT molecular complexity index is 1150. The first-order valence-electron chi connectivity index (χ1n) is 14.6. The van der Waals surface area contributed by atoms with Gasteiger partial charge in [0, 0.05) is 44.0 Å². The first kappa shape index (κ1) is 32.4. The van der Waals surface area contributed by atoms with Crippen LogP contribution >= 0.6 is 0 Å². The molecule has 8 heteroatoms. The fraction of sp³-hybridized carbons (Fsp3) is 0.545. The maximum Gasteiger partial charge on any atom is 0.241 e. The smallest absolute Gasteiger partial charge is 0.241 e. The third-order valence-corrected chi connectivity index (χ3v) is 7.74. The Kier molecular flexibility index (Phi) is 12.0. The molecule has 4 rings (SSSR count). The fourth-order valence-electron chi connectivity index (χ4n) is 5.65. The number of anilines is 1. The second kappa shape index (κ2) is 15.2. The van der Waals surface area contributed by atoms with Crippen molar-refractivity contribution in [1.82, 2.24) is 9.96 Å². The van der Waals surface area contributed by atoms with E-state index in [4.69, 9.17) is 14.3 Å². The minimum Gasteiger partial charge on any atom is -0.454 e. The van der Waals surface area contributed by atoms with E-state index < -0.39 is 0 Å². The van der Waals surface area contributed by atoms with Gasteiger partial charge in [0.25, 0.3) is 0 Å². The first-order chi connectivity index (χ1) is 19.7. The van der Waals surface area contributed by atoms with Crippen LogP contribution in [0.3, 0.4) is 0 Å². The van der Waals surface area contributed by atoms with Gasteiger partial charge in [0.2, 0.25) is 12.7 Å². The zero-order chi connectivity index (χ0) is 30.0. The summed E-state index contributed by atoms with van der Waals surface area (Å²) in [6.07, 6.45) is 12.0. The molecule has 0 aliphatic carbocycles. The number of nitrogens with zero attached hydrogens (tertiary/aromatic N) is 4. The number of hydrogen-bond acceptors (Lipinski definition) is 6. The molecule has 2 aromatic carbocycles. The minimum absolute atomic E-state index is 0.169. The number of rotatable bonds is 13. The van der Waals surface area contributed by atoms with Gasteiger partial charge < -0.3 is 23.7 Å². The first-order valence-corrected chi connectivity index (χ1v) is 14.6. The molecule has 0 aromatic heterocycles. The largest absolute Gasteiger partial charge is 0.454 e. The number of hydrogen-bond donors (Lipinski definition) is 0. The Morgan fingerprint density at radius 1 is 1.10 bits per heavy atom. The van der Waals surface area contributed by atoms with Crippen LogP contribution in [0.15, 0.2) is 42.5 Å². The summed E-state index contributed by atoms with van der Waals surface area (Å²) in [5.41, 5.74) is 3.50.